The van der Waals surface area contributed by atoms with Crippen LogP contribution >= 0.6 is 0 Å². The van der Waals surface area contributed by atoms with Crippen LogP contribution in [0.1, 0.15) is 40.0 Å². The lowest BCUT2D eigenvalue weighted by Gasteiger charge is -2.32. The third-order valence-corrected chi connectivity index (χ3v) is 3.25. The Morgan fingerprint density at radius 3 is 2.33 bits per heavy atom. The zero-order chi connectivity index (χ0) is 11.3. The number of nitrogens with two attached hydrogens (primary N) is 1. The van der Waals surface area contributed by atoms with Crippen molar-refractivity contribution in [1.82, 2.24) is 4.98 Å². The van der Waals surface area contributed by atoms with E-state index in [-0.39, 0.29) is 5.54 Å². The van der Waals surface area contributed by atoms with Crippen LogP contribution in [0.3, 0.4) is 0 Å². The highest BCUT2D eigenvalue weighted by atomic mass is 15.1. The van der Waals surface area contributed by atoms with Crippen molar-refractivity contribution in [1.29, 1.82) is 0 Å². The molecule has 0 radical (unpaired) electrons. The molecule has 3 N–H and O–H groups in total. The van der Waals surface area contributed by atoms with Crippen molar-refractivity contribution in [2.45, 2.75) is 45.6 Å². The number of rotatable bonds is 5. The maximum atomic E-state index is 5.87. The molecule has 1 heterocycles. The summed E-state index contributed by atoms with van der Waals surface area (Å²) in [7, 11) is 0. The molecule has 1 aromatic heterocycles. The van der Waals surface area contributed by atoms with Crippen LogP contribution in [0, 0.1) is 0 Å². The molecule has 1 rings (SSSR count). The Kier molecular flexibility index (Phi) is 3.95. The summed E-state index contributed by atoms with van der Waals surface area (Å²) in [6, 6.07) is 3.73. The minimum Gasteiger partial charge on any atom is -0.396 e. The first-order chi connectivity index (χ1) is 7.17. The maximum absolute atomic E-state index is 5.87. The van der Waals surface area contributed by atoms with Gasteiger partial charge in [-0.2, -0.15) is 0 Å². The number of hydrogen-bond acceptors (Lipinski definition) is 3. The van der Waals surface area contributed by atoms with E-state index in [1.165, 1.54) is 0 Å². The summed E-state index contributed by atoms with van der Waals surface area (Å²) >= 11 is 0. The lowest BCUT2D eigenvalue weighted by atomic mass is 9.90. The number of anilines is 2. The van der Waals surface area contributed by atoms with Crippen LogP contribution in [-0.4, -0.2) is 10.5 Å². The third kappa shape index (κ3) is 2.61. The van der Waals surface area contributed by atoms with E-state index in [0.29, 0.717) is 0 Å². The van der Waals surface area contributed by atoms with E-state index in [1.807, 2.05) is 12.1 Å². The Morgan fingerprint density at radius 1 is 1.27 bits per heavy atom. The molecular formula is C12H21N3. The number of nitrogen functional groups attached to an aromatic ring is 1. The molecule has 0 spiro atoms. The van der Waals surface area contributed by atoms with Crippen LogP contribution < -0.4 is 11.1 Å². The van der Waals surface area contributed by atoms with Crippen LogP contribution in [0.4, 0.5) is 11.5 Å². The summed E-state index contributed by atoms with van der Waals surface area (Å²) < 4.78 is 0. The topological polar surface area (TPSA) is 50.9 Å². The van der Waals surface area contributed by atoms with Crippen molar-refractivity contribution >= 4 is 11.5 Å². The SMILES string of the molecule is CCC(CC)(CC)Nc1ncccc1N. The third-order valence-electron chi connectivity index (χ3n) is 3.25. The maximum Gasteiger partial charge on any atom is 0.149 e. The van der Waals surface area contributed by atoms with Gasteiger partial charge in [0.1, 0.15) is 5.82 Å². The highest BCUT2D eigenvalue weighted by molar-refractivity contribution is 5.61. The lowest BCUT2D eigenvalue weighted by Crippen LogP contribution is -2.36. The van der Waals surface area contributed by atoms with Gasteiger partial charge in [-0.1, -0.05) is 20.8 Å². The molecule has 0 saturated carbocycles. The molecule has 0 amide bonds. The average Bonchev–Trinajstić information content (AvgIpc) is 2.29. The van der Waals surface area contributed by atoms with E-state index in [2.05, 4.69) is 31.1 Å². The molecule has 0 atom stereocenters. The Morgan fingerprint density at radius 2 is 1.87 bits per heavy atom. The second kappa shape index (κ2) is 5.01. The van der Waals surface area contributed by atoms with Gasteiger partial charge in [0.15, 0.2) is 0 Å². The molecule has 1 aromatic rings. The first-order valence-electron chi connectivity index (χ1n) is 5.66. The molecule has 0 bridgehead atoms. The van der Waals surface area contributed by atoms with Gasteiger partial charge in [-0.15, -0.1) is 0 Å². The summed E-state index contributed by atoms with van der Waals surface area (Å²) in [6.07, 6.45) is 5.01. The van der Waals surface area contributed by atoms with E-state index in [1.54, 1.807) is 6.20 Å². The van der Waals surface area contributed by atoms with Crippen LogP contribution in [0.25, 0.3) is 0 Å². The molecular weight excluding hydrogens is 186 g/mol. The van der Waals surface area contributed by atoms with Crippen molar-refractivity contribution in [3.63, 3.8) is 0 Å². The highest BCUT2D eigenvalue weighted by Crippen LogP contribution is 2.26. The lowest BCUT2D eigenvalue weighted by molar-refractivity contribution is 0.419. The molecule has 0 aliphatic heterocycles. The molecule has 3 nitrogen and oxygen atoms in total. The summed E-state index contributed by atoms with van der Waals surface area (Å²) in [6.45, 7) is 6.58. The Balaban J connectivity index is 2.88. The molecule has 3 heteroatoms. The van der Waals surface area contributed by atoms with Crippen molar-refractivity contribution in [2.24, 2.45) is 0 Å². The minimum absolute atomic E-state index is 0.127. The quantitative estimate of drug-likeness (QED) is 0.780. The van der Waals surface area contributed by atoms with E-state index in [4.69, 9.17) is 5.73 Å². The molecule has 0 aliphatic rings. The fourth-order valence-corrected chi connectivity index (χ4v) is 1.79. The first-order valence-corrected chi connectivity index (χ1v) is 5.66. The van der Waals surface area contributed by atoms with Gasteiger partial charge in [-0.3, -0.25) is 0 Å². The Labute approximate surface area is 92.1 Å². The van der Waals surface area contributed by atoms with Gasteiger partial charge < -0.3 is 11.1 Å². The van der Waals surface area contributed by atoms with Crippen LogP contribution in [-0.2, 0) is 0 Å². The molecule has 0 aliphatic carbocycles. The zero-order valence-electron chi connectivity index (χ0n) is 9.88. The summed E-state index contributed by atoms with van der Waals surface area (Å²) in [5.41, 5.74) is 6.71. The van der Waals surface area contributed by atoms with Crippen molar-refractivity contribution in [3.8, 4) is 0 Å². The fraction of sp³-hybridized carbons (Fsp3) is 0.583. The Hall–Kier alpha value is -1.25. The van der Waals surface area contributed by atoms with Gasteiger partial charge in [-0.25, -0.2) is 4.98 Å². The molecule has 0 saturated heterocycles. The highest BCUT2D eigenvalue weighted by Gasteiger charge is 2.24. The fourth-order valence-electron chi connectivity index (χ4n) is 1.79. The number of hydrogen-bond donors (Lipinski definition) is 2. The van der Waals surface area contributed by atoms with Gasteiger partial charge in [0, 0.05) is 11.7 Å². The minimum atomic E-state index is 0.127. The Bertz CT molecular complexity index is 297. The monoisotopic (exact) mass is 207 g/mol. The second-order valence-corrected chi connectivity index (χ2v) is 3.91. The van der Waals surface area contributed by atoms with Gasteiger partial charge in [0.05, 0.1) is 5.69 Å². The molecule has 0 fully saturated rings. The van der Waals surface area contributed by atoms with Crippen molar-refractivity contribution in [3.05, 3.63) is 18.3 Å². The van der Waals surface area contributed by atoms with Gasteiger partial charge in [-0.05, 0) is 31.4 Å². The second-order valence-electron chi connectivity index (χ2n) is 3.91. The van der Waals surface area contributed by atoms with E-state index >= 15 is 0 Å². The van der Waals surface area contributed by atoms with E-state index in [9.17, 15) is 0 Å². The first kappa shape index (κ1) is 11.8. The standard InChI is InChI=1S/C12H21N3/c1-4-12(5-2,6-3)15-11-10(13)8-7-9-14-11/h7-9H,4-6,13H2,1-3H3,(H,14,15). The van der Waals surface area contributed by atoms with E-state index < -0.39 is 0 Å². The summed E-state index contributed by atoms with van der Waals surface area (Å²) in [4.78, 5) is 4.27. The molecule has 15 heavy (non-hydrogen) atoms. The largest absolute Gasteiger partial charge is 0.396 e. The van der Waals surface area contributed by atoms with Crippen LogP contribution in [0.15, 0.2) is 18.3 Å². The summed E-state index contributed by atoms with van der Waals surface area (Å²) in [5.74, 6) is 0.808. The summed E-state index contributed by atoms with van der Waals surface area (Å²) in [5, 5.41) is 3.47. The predicted molar refractivity (Wildman–Crippen MR) is 65.9 cm³/mol. The zero-order valence-corrected chi connectivity index (χ0v) is 9.88. The van der Waals surface area contributed by atoms with E-state index in [0.717, 1.165) is 30.8 Å². The molecule has 0 aromatic carbocycles. The van der Waals surface area contributed by atoms with Crippen molar-refractivity contribution in [2.75, 3.05) is 11.1 Å². The van der Waals surface area contributed by atoms with Gasteiger partial charge >= 0.3 is 0 Å². The average molecular weight is 207 g/mol. The van der Waals surface area contributed by atoms with Crippen LogP contribution in [0.5, 0.6) is 0 Å². The van der Waals surface area contributed by atoms with Gasteiger partial charge in [0.2, 0.25) is 0 Å². The predicted octanol–water partition coefficient (Wildman–Crippen LogP) is 3.04. The number of nitrogens with zero attached hydrogens (tertiary/aromatic N) is 1. The normalized spacial score (nSPS) is 11.4. The smallest absolute Gasteiger partial charge is 0.149 e. The molecule has 0 unspecified atom stereocenters. The number of nitrogens with one attached hydrogen (secondary N) is 1. The van der Waals surface area contributed by atoms with Gasteiger partial charge in [0.25, 0.3) is 0 Å². The molecule has 84 valence electrons. The number of aromatic nitrogens is 1. The van der Waals surface area contributed by atoms with Crippen molar-refractivity contribution < 1.29 is 0 Å². The van der Waals surface area contributed by atoms with Crippen LogP contribution in [0.2, 0.25) is 0 Å². The number of pyridine rings is 1.